The highest BCUT2D eigenvalue weighted by Crippen LogP contribution is 2.29. The summed E-state index contributed by atoms with van der Waals surface area (Å²) in [4.78, 5) is 35.1. The van der Waals surface area contributed by atoms with E-state index in [0.717, 1.165) is 17.5 Å². The molecule has 0 aliphatic heterocycles. The minimum atomic E-state index is -0.215. The van der Waals surface area contributed by atoms with Crippen molar-refractivity contribution in [3.63, 3.8) is 0 Å². The number of amides is 1. The van der Waals surface area contributed by atoms with Gasteiger partial charge in [-0.3, -0.25) is 14.6 Å². The summed E-state index contributed by atoms with van der Waals surface area (Å²) in [5.41, 5.74) is 2.71. The zero-order chi connectivity index (χ0) is 20.1. The van der Waals surface area contributed by atoms with Gasteiger partial charge in [0.2, 0.25) is 0 Å². The Hall–Kier alpha value is -3.28. The monoisotopic (exact) mass is 376 g/mol. The molecule has 0 fully saturated rings. The first kappa shape index (κ1) is 19.5. The molecule has 0 spiro atoms. The molecule has 6 nitrogen and oxygen atoms in total. The van der Waals surface area contributed by atoms with Crippen LogP contribution in [-0.4, -0.2) is 20.9 Å². The Bertz CT molecular complexity index is 989. The van der Waals surface area contributed by atoms with Crippen LogP contribution < -0.4 is 10.9 Å². The van der Waals surface area contributed by atoms with E-state index < -0.39 is 0 Å². The number of carbonyl (C=O) groups excluding carboxylic acids is 1. The predicted molar refractivity (Wildman–Crippen MR) is 109 cm³/mol. The maximum absolute atomic E-state index is 12.8. The van der Waals surface area contributed by atoms with Crippen LogP contribution >= 0.6 is 0 Å². The molecule has 0 radical (unpaired) electrons. The molecule has 0 unspecified atom stereocenters. The molecule has 2 N–H and O–H groups in total. The average molecular weight is 376 g/mol. The third-order valence-corrected chi connectivity index (χ3v) is 4.33. The van der Waals surface area contributed by atoms with E-state index in [1.54, 1.807) is 36.7 Å². The van der Waals surface area contributed by atoms with E-state index in [9.17, 15) is 9.59 Å². The summed E-state index contributed by atoms with van der Waals surface area (Å²) in [7, 11) is 0. The summed E-state index contributed by atoms with van der Waals surface area (Å²) in [6, 6.07) is 12.2. The van der Waals surface area contributed by atoms with Crippen molar-refractivity contribution in [1.82, 2.24) is 20.3 Å². The molecular weight excluding hydrogens is 352 g/mol. The molecule has 1 aromatic carbocycles. The highest BCUT2D eigenvalue weighted by molar-refractivity contribution is 5.94. The second-order valence-electron chi connectivity index (χ2n) is 7.95. The van der Waals surface area contributed by atoms with Gasteiger partial charge in [-0.1, -0.05) is 39.0 Å². The van der Waals surface area contributed by atoms with E-state index in [1.807, 2.05) is 12.1 Å². The van der Waals surface area contributed by atoms with Crippen LogP contribution in [0, 0.1) is 5.41 Å². The summed E-state index contributed by atoms with van der Waals surface area (Å²) in [5.74, 6) is -0.150. The lowest BCUT2D eigenvalue weighted by Gasteiger charge is -2.27. The summed E-state index contributed by atoms with van der Waals surface area (Å²) in [6.07, 6.45) is 5.67. The number of hydrogen-bond donors (Lipinski definition) is 2. The average Bonchev–Trinajstić information content (AvgIpc) is 2.67. The lowest BCUT2D eigenvalue weighted by molar-refractivity contribution is 0.0926. The minimum Gasteiger partial charge on any atom is -0.345 e. The van der Waals surface area contributed by atoms with Crippen LogP contribution in [0.2, 0.25) is 0 Å². The molecule has 0 aliphatic carbocycles. The largest absolute Gasteiger partial charge is 0.345 e. The Balaban J connectivity index is 1.79. The van der Waals surface area contributed by atoms with Crippen molar-refractivity contribution in [1.29, 1.82) is 0 Å². The van der Waals surface area contributed by atoms with Crippen molar-refractivity contribution in [3.8, 4) is 11.3 Å². The molecule has 0 aliphatic rings. The molecule has 6 heteroatoms. The molecule has 28 heavy (non-hydrogen) atoms. The van der Waals surface area contributed by atoms with Crippen LogP contribution in [-0.2, 0) is 0 Å². The number of hydrogen-bond acceptors (Lipinski definition) is 4. The number of benzene rings is 1. The Morgan fingerprint density at radius 3 is 2.54 bits per heavy atom. The van der Waals surface area contributed by atoms with Gasteiger partial charge >= 0.3 is 0 Å². The van der Waals surface area contributed by atoms with Gasteiger partial charge in [-0.2, -0.15) is 0 Å². The molecule has 1 amide bonds. The number of nitrogens with zero attached hydrogens (tertiary/aromatic N) is 2. The van der Waals surface area contributed by atoms with Crippen molar-refractivity contribution < 1.29 is 4.79 Å². The van der Waals surface area contributed by atoms with Crippen LogP contribution in [0.4, 0.5) is 0 Å². The van der Waals surface area contributed by atoms with Gasteiger partial charge in [-0.25, -0.2) is 4.98 Å². The number of rotatable bonds is 5. The lowest BCUT2D eigenvalue weighted by Crippen LogP contribution is -2.31. The molecule has 2 aromatic heterocycles. The van der Waals surface area contributed by atoms with E-state index in [1.165, 1.54) is 12.4 Å². The van der Waals surface area contributed by atoms with Crippen LogP contribution in [0.25, 0.3) is 11.3 Å². The standard InChI is InChI=1S/C22H24N4O2/c1-22(2,3)12-19(17-5-4-10-23-13-17)26-21(28)16-8-6-15(7-9-16)18-11-20(27)25-14-24-18/h4-11,13-14,19H,12H2,1-3H3,(H,26,28)(H,24,25,27)/t19-/m1/s1. The Morgan fingerprint density at radius 1 is 1.18 bits per heavy atom. The summed E-state index contributed by atoms with van der Waals surface area (Å²) >= 11 is 0. The first-order valence-electron chi connectivity index (χ1n) is 9.18. The summed E-state index contributed by atoms with van der Waals surface area (Å²) in [6.45, 7) is 6.43. The first-order chi connectivity index (χ1) is 13.3. The fraction of sp³-hybridized carbons (Fsp3) is 0.273. The van der Waals surface area contributed by atoms with E-state index in [-0.39, 0.29) is 22.9 Å². The van der Waals surface area contributed by atoms with Crippen molar-refractivity contribution >= 4 is 5.91 Å². The summed E-state index contributed by atoms with van der Waals surface area (Å²) in [5, 5.41) is 3.12. The van der Waals surface area contributed by atoms with E-state index in [0.29, 0.717) is 11.3 Å². The second kappa shape index (κ2) is 8.17. The van der Waals surface area contributed by atoms with Gasteiger partial charge in [0.05, 0.1) is 18.1 Å². The highest BCUT2D eigenvalue weighted by atomic mass is 16.1. The number of pyridine rings is 1. The Kier molecular flexibility index (Phi) is 5.68. The number of aromatic nitrogens is 3. The maximum Gasteiger partial charge on any atom is 0.251 e. The molecule has 2 heterocycles. The number of aromatic amines is 1. The van der Waals surface area contributed by atoms with E-state index in [4.69, 9.17) is 0 Å². The topological polar surface area (TPSA) is 87.7 Å². The lowest BCUT2D eigenvalue weighted by atomic mass is 9.85. The van der Waals surface area contributed by atoms with Gasteiger partial charge in [0.25, 0.3) is 11.5 Å². The van der Waals surface area contributed by atoms with E-state index in [2.05, 4.69) is 41.0 Å². The quantitative estimate of drug-likeness (QED) is 0.710. The van der Waals surface area contributed by atoms with Crippen LogP contribution in [0.5, 0.6) is 0 Å². The van der Waals surface area contributed by atoms with Gasteiger partial charge in [0.1, 0.15) is 0 Å². The molecule has 144 valence electrons. The molecule has 1 atom stereocenters. The zero-order valence-corrected chi connectivity index (χ0v) is 16.3. The number of H-pyrrole nitrogens is 1. The SMILES string of the molecule is CC(C)(C)C[C@@H](NC(=O)c1ccc(-c2cc(=O)[nH]cn2)cc1)c1cccnc1. The molecule has 3 aromatic rings. The van der Waals surface area contributed by atoms with Crippen molar-refractivity contribution in [2.24, 2.45) is 5.41 Å². The Morgan fingerprint density at radius 2 is 1.93 bits per heavy atom. The third kappa shape index (κ3) is 5.13. The maximum atomic E-state index is 12.8. The normalized spacial score (nSPS) is 12.4. The zero-order valence-electron chi connectivity index (χ0n) is 16.3. The molecule has 0 bridgehead atoms. The van der Waals surface area contributed by atoms with Crippen molar-refractivity contribution in [3.05, 3.63) is 82.7 Å². The highest BCUT2D eigenvalue weighted by Gasteiger charge is 2.22. The van der Waals surface area contributed by atoms with Gasteiger partial charge in [-0.15, -0.1) is 0 Å². The van der Waals surface area contributed by atoms with Gasteiger partial charge in [0.15, 0.2) is 0 Å². The number of nitrogens with one attached hydrogen (secondary N) is 2. The smallest absolute Gasteiger partial charge is 0.251 e. The molecule has 0 saturated carbocycles. The first-order valence-corrected chi connectivity index (χ1v) is 9.18. The molecule has 3 rings (SSSR count). The third-order valence-electron chi connectivity index (χ3n) is 4.33. The fourth-order valence-electron chi connectivity index (χ4n) is 3.01. The van der Waals surface area contributed by atoms with Gasteiger partial charge in [0, 0.05) is 29.6 Å². The predicted octanol–water partition coefficient (Wildman–Crippen LogP) is 3.74. The summed E-state index contributed by atoms with van der Waals surface area (Å²) < 4.78 is 0. The van der Waals surface area contributed by atoms with Gasteiger partial charge in [-0.05, 0) is 35.6 Å². The molecular formula is C22H24N4O2. The van der Waals surface area contributed by atoms with Crippen molar-refractivity contribution in [2.45, 2.75) is 33.2 Å². The van der Waals surface area contributed by atoms with Crippen LogP contribution in [0.3, 0.4) is 0 Å². The van der Waals surface area contributed by atoms with Crippen LogP contribution in [0.15, 0.2) is 66.0 Å². The van der Waals surface area contributed by atoms with Gasteiger partial charge < -0.3 is 10.3 Å². The minimum absolute atomic E-state index is 0.0453. The van der Waals surface area contributed by atoms with Crippen LogP contribution in [0.1, 0.15) is 49.2 Å². The Labute approximate surface area is 164 Å². The number of carbonyl (C=O) groups is 1. The fourth-order valence-corrected chi connectivity index (χ4v) is 3.01. The van der Waals surface area contributed by atoms with E-state index >= 15 is 0 Å². The molecule has 0 saturated heterocycles. The second-order valence-corrected chi connectivity index (χ2v) is 7.95. The van der Waals surface area contributed by atoms with Crippen molar-refractivity contribution in [2.75, 3.05) is 0 Å².